The van der Waals surface area contributed by atoms with Gasteiger partial charge in [-0.1, -0.05) is 37.0 Å². The summed E-state index contributed by atoms with van der Waals surface area (Å²) >= 11 is 12.7. The highest BCUT2D eigenvalue weighted by atomic mass is 35.5. The first-order valence-electron chi connectivity index (χ1n) is 11.3. The van der Waals surface area contributed by atoms with Crippen LogP contribution in [0.5, 0.6) is 17.4 Å². The number of carbonyl (C=O) groups excluding carboxylic acids is 2. The summed E-state index contributed by atoms with van der Waals surface area (Å²) in [5.74, 6) is -1.09. The Labute approximate surface area is 216 Å². The summed E-state index contributed by atoms with van der Waals surface area (Å²) in [6.45, 7) is 3.90. The van der Waals surface area contributed by atoms with Gasteiger partial charge in [-0.25, -0.2) is 4.98 Å². The lowest BCUT2D eigenvalue weighted by Crippen LogP contribution is -2.45. The number of nitrogens with one attached hydrogen (secondary N) is 1. The van der Waals surface area contributed by atoms with Gasteiger partial charge in [0.1, 0.15) is 5.75 Å². The fraction of sp³-hybridized carbons (Fsp3) is 0.458. The van der Waals surface area contributed by atoms with Crippen LogP contribution in [0.1, 0.15) is 44.6 Å². The zero-order valence-corrected chi connectivity index (χ0v) is 21.4. The predicted molar refractivity (Wildman–Crippen MR) is 130 cm³/mol. The highest BCUT2D eigenvalue weighted by molar-refractivity contribution is 6.37. The molecule has 0 unspecified atom stereocenters. The number of anilines is 1. The van der Waals surface area contributed by atoms with Gasteiger partial charge >= 0.3 is 12.1 Å². The number of pyridine rings is 1. The number of alkyl halides is 3. The number of ether oxygens (including phenoxy) is 2. The van der Waals surface area contributed by atoms with Crippen molar-refractivity contribution in [2.24, 2.45) is 5.92 Å². The van der Waals surface area contributed by atoms with E-state index < -0.39 is 12.1 Å². The second-order valence-corrected chi connectivity index (χ2v) is 9.60. The van der Waals surface area contributed by atoms with E-state index in [4.69, 9.17) is 32.7 Å². The minimum atomic E-state index is -4.89. The van der Waals surface area contributed by atoms with Gasteiger partial charge in [0.05, 0.1) is 23.4 Å². The van der Waals surface area contributed by atoms with Crippen molar-refractivity contribution in [3.63, 3.8) is 0 Å². The Morgan fingerprint density at radius 3 is 2.31 bits per heavy atom. The van der Waals surface area contributed by atoms with E-state index in [1.165, 1.54) is 25.4 Å². The molecule has 196 valence electrons. The number of nitrogens with zero attached hydrogens (tertiary/aromatic N) is 2. The van der Waals surface area contributed by atoms with E-state index in [1.54, 1.807) is 6.07 Å². The van der Waals surface area contributed by atoms with E-state index in [2.05, 4.69) is 10.3 Å². The van der Waals surface area contributed by atoms with Gasteiger partial charge in [0.15, 0.2) is 5.75 Å². The molecular formula is C24H26Cl2F3N3O4. The number of hydrogen-bond acceptors (Lipinski definition) is 5. The Morgan fingerprint density at radius 1 is 1.17 bits per heavy atom. The summed E-state index contributed by atoms with van der Waals surface area (Å²) in [6, 6.07) is 4.77. The van der Waals surface area contributed by atoms with Gasteiger partial charge in [-0.3, -0.25) is 9.59 Å². The third-order valence-electron chi connectivity index (χ3n) is 5.79. The number of rotatable bonds is 7. The fourth-order valence-electron chi connectivity index (χ4n) is 3.93. The topological polar surface area (TPSA) is 80.8 Å². The predicted octanol–water partition coefficient (Wildman–Crippen LogP) is 6.44. The molecule has 7 nitrogen and oxygen atoms in total. The third-order valence-corrected chi connectivity index (χ3v) is 6.35. The Bertz CT molecular complexity index is 1100. The van der Waals surface area contributed by atoms with Crippen LogP contribution in [0.2, 0.25) is 10.0 Å². The zero-order chi connectivity index (χ0) is 26.6. The quantitative estimate of drug-likeness (QED) is 0.431. The van der Waals surface area contributed by atoms with Crippen LogP contribution in [-0.4, -0.2) is 48.1 Å². The molecule has 0 saturated carbocycles. The van der Waals surface area contributed by atoms with E-state index in [9.17, 15) is 22.8 Å². The molecule has 0 spiro atoms. The number of halogens is 5. The van der Waals surface area contributed by atoms with Crippen LogP contribution in [0.15, 0.2) is 24.4 Å². The summed E-state index contributed by atoms with van der Waals surface area (Å²) in [7, 11) is 1.54. The second-order valence-electron chi connectivity index (χ2n) is 8.78. The Balaban J connectivity index is 1.61. The number of likely N-dealkylation sites (tertiary alicyclic amines) is 1. The minimum Gasteiger partial charge on any atom is -0.481 e. The number of carbonyl (C=O) groups is 2. The lowest BCUT2D eigenvalue weighted by molar-refractivity contribution is -0.186. The molecule has 1 aliphatic rings. The van der Waals surface area contributed by atoms with Crippen molar-refractivity contribution in [1.82, 2.24) is 9.88 Å². The van der Waals surface area contributed by atoms with Gasteiger partial charge < -0.3 is 19.7 Å². The first-order valence-corrected chi connectivity index (χ1v) is 12.0. The maximum Gasteiger partial charge on any atom is 0.471 e. The van der Waals surface area contributed by atoms with Gasteiger partial charge in [0.25, 0.3) is 0 Å². The fourth-order valence-corrected chi connectivity index (χ4v) is 4.49. The molecule has 0 aliphatic carbocycles. The van der Waals surface area contributed by atoms with Crippen LogP contribution in [0, 0.1) is 5.92 Å². The second kappa shape index (κ2) is 11.6. The molecule has 0 bridgehead atoms. The van der Waals surface area contributed by atoms with Crippen LogP contribution in [0.3, 0.4) is 0 Å². The van der Waals surface area contributed by atoms with Gasteiger partial charge in [0, 0.05) is 30.8 Å². The van der Waals surface area contributed by atoms with Crippen LogP contribution < -0.4 is 14.8 Å². The molecule has 0 radical (unpaired) electrons. The van der Waals surface area contributed by atoms with Crippen molar-refractivity contribution < 1.29 is 32.2 Å². The maximum atomic E-state index is 12.6. The van der Waals surface area contributed by atoms with Crippen molar-refractivity contribution in [2.75, 3.05) is 25.5 Å². The normalized spacial score (nSPS) is 14.6. The molecule has 0 atom stereocenters. The molecule has 1 fully saturated rings. The first-order chi connectivity index (χ1) is 16.9. The van der Waals surface area contributed by atoms with Gasteiger partial charge in [-0.15, -0.1) is 0 Å². The van der Waals surface area contributed by atoms with Crippen molar-refractivity contribution in [1.29, 1.82) is 0 Å². The van der Waals surface area contributed by atoms with E-state index in [1.807, 2.05) is 13.8 Å². The first kappa shape index (κ1) is 27.9. The summed E-state index contributed by atoms with van der Waals surface area (Å²) in [6.07, 6.45) is -2.70. The monoisotopic (exact) mass is 547 g/mol. The number of amides is 2. The molecule has 3 rings (SSSR count). The van der Waals surface area contributed by atoms with E-state index in [-0.39, 0.29) is 53.0 Å². The molecule has 2 heterocycles. The van der Waals surface area contributed by atoms with Gasteiger partial charge in [-0.2, -0.15) is 13.2 Å². The van der Waals surface area contributed by atoms with E-state index in [0.29, 0.717) is 30.2 Å². The van der Waals surface area contributed by atoms with Crippen molar-refractivity contribution in [3.05, 3.63) is 40.0 Å². The molecule has 1 saturated heterocycles. The number of methoxy groups -OCH3 is 1. The summed E-state index contributed by atoms with van der Waals surface area (Å²) in [5.41, 5.74) is 1.20. The van der Waals surface area contributed by atoms with Gasteiger partial charge in [-0.05, 0) is 42.9 Å². The standard InChI is InChI=1S/C24H26Cl2F3N3O4/c1-13(2)17-11-16(12-30-22(17)35-3)36-21-18(25)9-15(10-19(21)26)31-20(33)8-14-4-6-32(7-5-14)23(34)24(27,28)29/h9-14H,4-8H2,1-3H3,(H,31,33). The molecule has 36 heavy (non-hydrogen) atoms. The summed E-state index contributed by atoms with van der Waals surface area (Å²) in [4.78, 5) is 28.9. The van der Waals surface area contributed by atoms with Crippen molar-refractivity contribution in [3.8, 4) is 17.4 Å². The SMILES string of the molecule is COc1ncc(Oc2c(Cl)cc(NC(=O)CC3CCN(C(=O)C(F)(F)F)CC3)cc2Cl)cc1C(C)C. The Kier molecular flexibility index (Phi) is 8.94. The molecule has 1 aromatic carbocycles. The molecule has 2 aromatic rings. The molecule has 1 N–H and O–H groups in total. The van der Waals surface area contributed by atoms with Gasteiger partial charge in [0.2, 0.25) is 11.8 Å². The molecule has 12 heteroatoms. The Hall–Kier alpha value is -2.72. The number of piperidine rings is 1. The van der Waals surface area contributed by atoms with Crippen LogP contribution in [-0.2, 0) is 9.59 Å². The van der Waals surface area contributed by atoms with Crippen LogP contribution >= 0.6 is 23.2 Å². The average Bonchev–Trinajstić information content (AvgIpc) is 2.80. The van der Waals surface area contributed by atoms with Crippen LogP contribution in [0.4, 0.5) is 18.9 Å². The third kappa shape index (κ3) is 6.94. The van der Waals surface area contributed by atoms with Crippen molar-refractivity contribution >= 4 is 40.7 Å². The smallest absolute Gasteiger partial charge is 0.471 e. The lowest BCUT2D eigenvalue weighted by Gasteiger charge is -2.32. The highest BCUT2D eigenvalue weighted by Gasteiger charge is 2.43. The van der Waals surface area contributed by atoms with E-state index in [0.717, 1.165) is 10.5 Å². The minimum absolute atomic E-state index is 0.0429. The molecule has 2 amide bonds. The summed E-state index contributed by atoms with van der Waals surface area (Å²) < 4.78 is 48.9. The average molecular weight is 548 g/mol. The highest BCUT2D eigenvalue weighted by Crippen LogP contribution is 2.40. The largest absolute Gasteiger partial charge is 0.481 e. The number of aromatic nitrogens is 1. The van der Waals surface area contributed by atoms with E-state index >= 15 is 0 Å². The Morgan fingerprint density at radius 2 is 1.78 bits per heavy atom. The lowest BCUT2D eigenvalue weighted by atomic mass is 9.93. The molecule has 1 aliphatic heterocycles. The number of hydrogen-bond donors (Lipinski definition) is 1. The zero-order valence-electron chi connectivity index (χ0n) is 19.9. The molecular weight excluding hydrogens is 522 g/mol. The summed E-state index contributed by atoms with van der Waals surface area (Å²) in [5, 5.41) is 3.04. The van der Waals surface area contributed by atoms with Crippen LogP contribution in [0.25, 0.3) is 0 Å². The maximum absolute atomic E-state index is 12.6. The molecule has 1 aromatic heterocycles. The van der Waals surface area contributed by atoms with Crippen molar-refractivity contribution in [2.45, 2.75) is 45.2 Å². The number of benzene rings is 1.